The van der Waals surface area contributed by atoms with Gasteiger partial charge in [0.05, 0.1) is 5.56 Å². The lowest BCUT2D eigenvalue weighted by molar-refractivity contribution is 1.42. The maximum absolute atomic E-state index is 8.86. The van der Waals surface area contributed by atoms with E-state index in [1.807, 2.05) is 37.3 Å². The first-order chi connectivity index (χ1) is 8.60. The molecule has 0 aliphatic carbocycles. The molecule has 0 aliphatic heterocycles. The van der Waals surface area contributed by atoms with Gasteiger partial charge in [-0.15, -0.1) is 0 Å². The molecule has 0 atom stereocenters. The molecule has 2 aromatic carbocycles. The monoisotopic (exact) mass is 320 g/mol. The number of benzene rings is 2. The lowest BCUT2D eigenvalue weighted by Crippen LogP contribution is -1.93. The van der Waals surface area contributed by atoms with Crippen LogP contribution in [0.3, 0.4) is 0 Å². The smallest absolute Gasteiger partial charge is 0.100 e. The summed E-state index contributed by atoms with van der Waals surface area (Å²) in [5.74, 6) is 0. The van der Waals surface area contributed by atoms with Gasteiger partial charge in [-0.3, -0.25) is 0 Å². The van der Waals surface area contributed by atoms with Gasteiger partial charge >= 0.3 is 0 Å². The van der Waals surface area contributed by atoms with Crippen molar-refractivity contribution in [3.8, 4) is 6.07 Å². The molecule has 1 N–H and O–H groups in total. The van der Waals surface area contributed by atoms with Crippen molar-refractivity contribution in [2.75, 3.05) is 5.32 Å². The average Bonchev–Trinajstić information content (AvgIpc) is 2.34. The van der Waals surface area contributed by atoms with Crippen LogP contribution in [0.1, 0.15) is 11.1 Å². The van der Waals surface area contributed by atoms with Crippen LogP contribution in [0.5, 0.6) is 0 Å². The van der Waals surface area contributed by atoms with Gasteiger partial charge in [0, 0.05) is 20.9 Å². The second-order valence-corrected chi connectivity index (χ2v) is 5.18. The van der Waals surface area contributed by atoms with Gasteiger partial charge in [-0.25, -0.2) is 0 Å². The predicted octanol–water partition coefficient (Wildman–Crippen LogP) is 5.03. The van der Waals surface area contributed by atoms with E-state index in [9.17, 15) is 0 Å². The topological polar surface area (TPSA) is 35.8 Å². The summed E-state index contributed by atoms with van der Waals surface area (Å²) in [5, 5.41) is 12.8. The van der Waals surface area contributed by atoms with Crippen LogP contribution < -0.4 is 5.32 Å². The molecule has 0 fully saturated rings. The third-order valence-corrected chi connectivity index (χ3v) is 3.46. The fourth-order valence-corrected chi connectivity index (χ4v) is 2.21. The third-order valence-electron chi connectivity index (χ3n) is 2.57. The van der Waals surface area contributed by atoms with Crippen molar-refractivity contribution in [2.45, 2.75) is 6.92 Å². The maximum atomic E-state index is 8.86. The molecule has 0 amide bonds. The Kier molecular flexibility index (Phi) is 3.90. The standard InChI is InChI=1S/C14H10BrClN2/c1-9-2-4-11(16)6-14(9)18-12-5-3-10(8-17)13(15)7-12/h2-7,18H,1H3. The molecule has 0 heterocycles. The Morgan fingerprint density at radius 1 is 1.22 bits per heavy atom. The van der Waals surface area contributed by atoms with Gasteiger partial charge in [0.15, 0.2) is 0 Å². The SMILES string of the molecule is Cc1ccc(Cl)cc1Nc1ccc(C#N)c(Br)c1. The van der Waals surface area contributed by atoms with E-state index in [2.05, 4.69) is 27.3 Å². The summed E-state index contributed by atoms with van der Waals surface area (Å²) in [7, 11) is 0. The first-order valence-corrected chi connectivity index (χ1v) is 6.50. The summed E-state index contributed by atoms with van der Waals surface area (Å²) in [4.78, 5) is 0. The van der Waals surface area contributed by atoms with Gasteiger partial charge in [0.2, 0.25) is 0 Å². The number of rotatable bonds is 2. The van der Waals surface area contributed by atoms with E-state index in [0.717, 1.165) is 21.4 Å². The molecule has 90 valence electrons. The summed E-state index contributed by atoms with van der Waals surface area (Å²) in [6, 6.07) is 13.3. The number of nitriles is 1. The van der Waals surface area contributed by atoms with Crippen LogP contribution in [-0.2, 0) is 0 Å². The van der Waals surface area contributed by atoms with E-state index in [1.165, 1.54) is 0 Å². The van der Waals surface area contributed by atoms with Gasteiger partial charge in [0.25, 0.3) is 0 Å². The normalized spacial score (nSPS) is 9.89. The summed E-state index contributed by atoms with van der Waals surface area (Å²) in [6.07, 6.45) is 0. The van der Waals surface area contributed by atoms with E-state index in [-0.39, 0.29) is 0 Å². The number of aryl methyl sites for hydroxylation is 1. The van der Waals surface area contributed by atoms with Crippen molar-refractivity contribution >= 4 is 38.9 Å². The number of nitrogens with one attached hydrogen (secondary N) is 1. The third kappa shape index (κ3) is 2.84. The van der Waals surface area contributed by atoms with Crippen LogP contribution in [0.2, 0.25) is 5.02 Å². The molecule has 0 bridgehead atoms. The molecule has 0 radical (unpaired) electrons. The predicted molar refractivity (Wildman–Crippen MR) is 78.3 cm³/mol. The van der Waals surface area contributed by atoms with Crippen LogP contribution in [0.25, 0.3) is 0 Å². The summed E-state index contributed by atoms with van der Waals surface area (Å²) < 4.78 is 0.773. The Hall–Kier alpha value is -1.50. The van der Waals surface area contributed by atoms with E-state index < -0.39 is 0 Å². The van der Waals surface area contributed by atoms with Crippen molar-refractivity contribution in [1.29, 1.82) is 5.26 Å². The minimum Gasteiger partial charge on any atom is -0.355 e. The molecule has 0 saturated heterocycles. The first kappa shape index (κ1) is 12.9. The van der Waals surface area contributed by atoms with Crippen LogP contribution in [-0.4, -0.2) is 0 Å². The van der Waals surface area contributed by atoms with Crippen LogP contribution in [0, 0.1) is 18.3 Å². The molecular weight excluding hydrogens is 312 g/mol. The number of hydrogen-bond donors (Lipinski definition) is 1. The molecule has 0 aromatic heterocycles. The number of anilines is 2. The van der Waals surface area contributed by atoms with Crippen LogP contribution in [0.15, 0.2) is 40.9 Å². The molecule has 0 aliphatic rings. The Balaban J connectivity index is 2.32. The van der Waals surface area contributed by atoms with E-state index >= 15 is 0 Å². The zero-order chi connectivity index (χ0) is 13.1. The maximum Gasteiger partial charge on any atom is 0.100 e. The van der Waals surface area contributed by atoms with Gasteiger partial charge in [-0.2, -0.15) is 5.26 Å². The highest BCUT2D eigenvalue weighted by Gasteiger charge is 2.03. The van der Waals surface area contributed by atoms with E-state index in [4.69, 9.17) is 16.9 Å². The highest BCUT2D eigenvalue weighted by Crippen LogP contribution is 2.27. The Morgan fingerprint density at radius 3 is 2.67 bits per heavy atom. The fourth-order valence-electron chi connectivity index (χ4n) is 1.57. The number of hydrogen-bond acceptors (Lipinski definition) is 2. The summed E-state index contributed by atoms with van der Waals surface area (Å²) in [5.41, 5.74) is 3.59. The van der Waals surface area contributed by atoms with Crippen molar-refractivity contribution < 1.29 is 0 Å². The quantitative estimate of drug-likeness (QED) is 0.842. The molecule has 2 aromatic rings. The van der Waals surface area contributed by atoms with E-state index in [1.54, 1.807) is 6.07 Å². The van der Waals surface area contributed by atoms with Crippen LogP contribution >= 0.6 is 27.5 Å². The molecule has 0 spiro atoms. The van der Waals surface area contributed by atoms with Gasteiger partial charge < -0.3 is 5.32 Å². The fraction of sp³-hybridized carbons (Fsp3) is 0.0714. The van der Waals surface area contributed by atoms with Crippen molar-refractivity contribution in [2.24, 2.45) is 0 Å². The molecule has 0 saturated carbocycles. The molecule has 2 rings (SSSR count). The lowest BCUT2D eigenvalue weighted by Gasteiger charge is -2.10. The van der Waals surface area contributed by atoms with Crippen LogP contribution in [0.4, 0.5) is 11.4 Å². The molecular formula is C14H10BrClN2. The summed E-state index contributed by atoms with van der Waals surface area (Å²) >= 11 is 9.33. The molecule has 2 nitrogen and oxygen atoms in total. The van der Waals surface area contributed by atoms with E-state index in [0.29, 0.717) is 10.6 Å². The summed E-state index contributed by atoms with van der Waals surface area (Å²) in [6.45, 7) is 2.01. The molecule has 4 heteroatoms. The van der Waals surface area contributed by atoms with Gasteiger partial charge in [0.1, 0.15) is 6.07 Å². The Bertz CT molecular complexity index is 632. The highest BCUT2D eigenvalue weighted by molar-refractivity contribution is 9.10. The number of halogens is 2. The zero-order valence-electron chi connectivity index (χ0n) is 9.67. The van der Waals surface area contributed by atoms with Crippen molar-refractivity contribution in [3.63, 3.8) is 0 Å². The van der Waals surface area contributed by atoms with Crippen molar-refractivity contribution in [1.82, 2.24) is 0 Å². The Morgan fingerprint density at radius 2 is 2.00 bits per heavy atom. The van der Waals surface area contributed by atoms with Gasteiger partial charge in [-0.1, -0.05) is 17.7 Å². The zero-order valence-corrected chi connectivity index (χ0v) is 12.0. The lowest BCUT2D eigenvalue weighted by atomic mass is 10.1. The largest absolute Gasteiger partial charge is 0.355 e. The van der Waals surface area contributed by atoms with Gasteiger partial charge in [-0.05, 0) is 58.7 Å². The minimum absolute atomic E-state index is 0.614. The molecule has 0 unspecified atom stereocenters. The minimum atomic E-state index is 0.614. The average molecular weight is 322 g/mol. The molecule has 18 heavy (non-hydrogen) atoms. The second-order valence-electron chi connectivity index (χ2n) is 3.89. The highest BCUT2D eigenvalue weighted by atomic mass is 79.9. The second kappa shape index (κ2) is 5.43. The number of nitrogens with zero attached hydrogens (tertiary/aromatic N) is 1. The first-order valence-electron chi connectivity index (χ1n) is 5.33. The Labute approximate surface area is 119 Å². The van der Waals surface area contributed by atoms with Crippen molar-refractivity contribution in [3.05, 3.63) is 57.0 Å².